The standard InChI is InChI=1S/C21H36O14/c22-1-4-28-7-8-31-12-14-34-20(26)16-18(15-19(25)33-13-11-30-6-3-24)21(27)35-17-32-10-9-29-5-2-23/h16,22-24H,1-15,17H2/b18-16-. The number of aliphatic hydroxyl groups is 3. The third kappa shape index (κ3) is 22.1. The van der Waals surface area contributed by atoms with Crippen LogP contribution in [0, 0.1) is 0 Å². The number of carbonyl (C=O) groups excluding carboxylic acids is 3. The van der Waals surface area contributed by atoms with Crippen molar-refractivity contribution < 1.29 is 67.6 Å². The minimum atomic E-state index is -0.982. The molecule has 0 saturated carbocycles. The lowest BCUT2D eigenvalue weighted by atomic mass is 10.2. The normalized spacial score (nSPS) is 11.3. The Balaban J connectivity index is 4.55. The molecule has 0 heterocycles. The number of esters is 3. The highest BCUT2D eigenvalue weighted by molar-refractivity contribution is 5.99. The van der Waals surface area contributed by atoms with Crippen LogP contribution in [0.4, 0.5) is 0 Å². The summed E-state index contributed by atoms with van der Waals surface area (Å²) in [5.74, 6) is -2.68. The molecule has 0 unspecified atom stereocenters. The zero-order valence-corrected chi connectivity index (χ0v) is 19.7. The van der Waals surface area contributed by atoms with E-state index < -0.39 is 31.1 Å². The summed E-state index contributed by atoms with van der Waals surface area (Å²) in [5.41, 5.74) is -0.310. The zero-order valence-electron chi connectivity index (χ0n) is 19.7. The molecule has 0 aliphatic carbocycles. The van der Waals surface area contributed by atoms with E-state index in [0.29, 0.717) is 0 Å². The molecule has 0 spiro atoms. The third-order valence-electron chi connectivity index (χ3n) is 3.58. The van der Waals surface area contributed by atoms with Gasteiger partial charge >= 0.3 is 17.9 Å². The van der Waals surface area contributed by atoms with Crippen molar-refractivity contribution in [1.82, 2.24) is 0 Å². The topological polar surface area (TPSA) is 186 Å². The first-order valence-corrected chi connectivity index (χ1v) is 11.0. The van der Waals surface area contributed by atoms with Crippen LogP contribution in [0.3, 0.4) is 0 Å². The number of aliphatic hydroxyl groups excluding tert-OH is 3. The summed E-state index contributed by atoms with van der Waals surface area (Å²) >= 11 is 0. The molecule has 0 saturated heterocycles. The maximum Gasteiger partial charge on any atom is 0.336 e. The van der Waals surface area contributed by atoms with E-state index in [-0.39, 0.29) is 98.1 Å². The Morgan fingerprint density at radius 2 is 1.00 bits per heavy atom. The molecule has 3 N–H and O–H groups in total. The molecule has 0 aliphatic rings. The lowest BCUT2D eigenvalue weighted by Crippen LogP contribution is -2.19. The van der Waals surface area contributed by atoms with Gasteiger partial charge in [0.1, 0.15) is 13.2 Å². The van der Waals surface area contributed by atoms with Gasteiger partial charge in [0, 0.05) is 6.08 Å². The van der Waals surface area contributed by atoms with Crippen LogP contribution >= 0.6 is 0 Å². The molecule has 0 amide bonds. The van der Waals surface area contributed by atoms with Gasteiger partial charge in [-0.15, -0.1) is 0 Å². The molecule has 35 heavy (non-hydrogen) atoms. The minimum Gasteiger partial charge on any atom is -0.463 e. The highest BCUT2D eigenvalue weighted by Crippen LogP contribution is 2.07. The molecule has 0 aromatic carbocycles. The SMILES string of the molecule is O=C(/C=C(/CC(=O)OCCOCCO)C(=O)OCOCCOCCO)OCCOCCOCCO. The predicted molar refractivity (Wildman–Crippen MR) is 116 cm³/mol. The summed E-state index contributed by atoms with van der Waals surface area (Å²) < 4.78 is 40.0. The molecule has 0 bridgehead atoms. The summed E-state index contributed by atoms with van der Waals surface area (Å²) in [6.45, 7) is 0.264. The van der Waals surface area contributed by atoms with Gasteiger partial charge in [-0.25, -0.2) is 9.59 Å². The van der Waals surface area contributed by atoms with Crippen molar-refractivity contribution in [1.29, 1.82) is 0 Å². The number of hydrogen-bond acceptors (Lipinski definition) is 14. The van der Waals surface area contributed by atoms with Crippen molar-refractivity contribution in [3.8, 4) is 0 Å². The highest BCUT2D eigenvalue weighted by Gasteiger charge is 2.19. The molecule has 0 atom stereocenters. The first-order chi connectivity index (χ1) is 17.0. The maximum atomic E-state index is 12.3. The van der Waals surface area contributed by atoms with Crippen molar-refractivity contribution in [2.75, 3.05) is 99.3 Å². The van der Waals surface area contributed by atoms with E-state index in [0.717, 1.165) is 6.08 Å². The Hall–Kier alpha value is -2.17. The Morgan fingerprint density at radius 1 is 0.543 bits per heavy atom. The molecule has 0 aliphatic heterocycles. The van der Waals surface area contributed by atoms with Gasteiger partial charge < -0.3 is 53.2 Å². The molecular weight excluding hydrogens is 476 g/mol. The van der Waals surface area contributed by atoms with Gasteiger partial charge in [-0.3, -0.25) is 4.79 Å². The molecule has 204 valence electrons. The van der Waals surface area contributed by atoms with Crippen LogP contribution in [0.15, 0.2) is 11.6 Å². The molecule has 0 aromatic heterocycles. The van der Waals surface area contributed by atoms with Gasteiger partial charge in [0.05, 0.1) is 91.3 Å². The fraction of sp³-hybridized carbons (Fsp3) is 0.762. The third-order valence-corrected chi connectivity index (χ3v) is 3.58. The first kappa shape index (κ1) is 32.8. The largest absolute Gasteiger partial charge is 0.463 e. The van der Waals surface area contributed by atoms with E-state index in [4.69, 9.17) is 53.2 Å². The first-order valence-electron chi connectivity index (χ1n) is 11.0. The summed E-state index contributed by atoms with van der Waals surface area (Å²) in [7, 11) is 0. The van der Waals surface area contributed by atoms with E-state index in [1.807, 2.05) is 0 Å². The van der Waals surface area contributed by atoms with Crippen LogP contribution in [-0.2, 0) is 52.3 Å². The van der Waals surface area contributed by atoms with Crippen LogP contribution in [0.1, 0.15) is 6.42 Å². The number of rotatable bonds is 24. The van der Waals surface area contributed by atoms with Gasteiger partial charge in [0.2, 0.25) is 0 Å². The van der Waals surface area contributed by atoms with E-state index in [1.165, 1.54) is 0 Å². The summed E-state index contributed by atoms with van der Waals surface area (Å²) in [6, 6.07) is 0. The Morgan fingerprint density at radius 3 is 1.54 bits per heavy atom. The van der Waals surface area contributed by atoms with Crippen LogP contribution in [-0.4, -0.2) is 133 Å². The van der Waals surface area contributed by atoms with Gasteiger partial charge in [-0.2, -0.15) is 0 Å². The van der Waals surface area contributed by atoms with Crippen LogP contribution < -0.4 is 0 Å². The molecule has 14 heteroatoms. The average molecular weight is 513 g/mol. The fourth-order valence-electron chi connectivity index (χ4n) is 2.07. The predicted octanol–water partition coefficient (Wildman–Crippen LogP) is -2.05. The van der Waals surface area contributed by atoms with Crippen molar-refractivity contribution in [2.24, 2.45) is 0 Å². The van der Waals surface area contributed by atoms with E-state index >= 15 is 0 Å². The molecule has 0 fully saturated rings. The summed E-state index contributed by atoms with van der Waals surface area (Å²) in [5, 5.41) is 25.8. The Labute approximate surface area is 203 Å². The quantitative estimate of drug-likeness (QED) is 0.0422. The van der Waals surface area contributed by atoms with Gasteiger partial charge in [-0.05, 0) is 0 Å². The van der Waals surface area contributed by atoms with Crippen LogP contribution in [0.25, 0.3) is 0 Å². The smallest absolute Gasteiger partial charge is 0.336 e. The Kier molecular flexibility index (Phi) is 23.4. The minimum absolute atomic E-state index is 0.0507. The maximum absolute atomic E-state index is 12.3. The summed E-state index contributed by atoms with van der Waals surface area (Å²) in [6.07, 6.45) is 0.257. The Bertz CT molecular complexity index is 580. The number of hydrogen-bond donors (Lipinski definition) is 3. The molecule has 0 rings (SSSR count). The lowest BCUT2D eigenvalue weighted by molar-refractivity contribution is -0.155. The summed E-state index contributed by atoms with van der Waals surface area (Å²) in [4.78, 5) is 36.4. The fourth-order valence-corrected chi connectivity index (χ4v) is 2.07. The number of ether oxygens (including phenoxy) is 8. The van der Waals surface area contributed by atoms with E-state index in [1.54, 1.807) is 0 Å². The molecular formula is C21H36O14. The monoisotopic (exact) mass is 512 g/mol. The second-order valence-corrected chi connectivity index (χ2v) is 6.31. The average Bonchev–Trinajstić information content (AvgIpc) is 2.84. The molecule has 14 nitrogen and oxygen atoms in total. The van der Waals surface area contributed by atoms with Crippen molar-refractivity contribution in [3.05, 3.63) is 11.6 Å². The zero-order chi connectivity index (χ0) is 26.0. The number of carbonyl (C=O) groups is 3. The van der Waals surface area contributed by atoms with E-state index in [2.05, 4.69) is 0 Å². The van der Waals surface area contributed by atoms with Crippen molar-refractivity contribution in [3.63, 3.8) is 0 Å². The van der Waals surface area contributed by atoms with Crippen molar-refractivity contribution in [2.45, 2.75) is 6.42 Å². The lowest BCUT2D eigenvalue weighted by Gasteiger charge is -2.10. The van der Waals surface area contributed by atoms with E-state index in [9.17, 15) is 14.4 Å². The highest BCUT2D eigenvalue weighted by atomic mass is 16.7. The van der Waals surface area contributed by atoms with Crippen molar-refractivity contribution >= 4 is 17.9 Å². The second-order valence-electron chi connectivity index (χ2n) is 6.31. The molecule has 0 radical (unpaired) electrons. The van der Waals surface area contributed by atoms with Crippen LogP contribution in [0.2, 0.25) is 0 Å². The van der Waals surface area contributed by atoms with Gasteiger partial charge in [0.15, 0.2) is 6.79 Å². The molecule has 0 aromatic rings. The second kappa shape index (κ2) is 24.9. The van der Waals surface area contributed by atoms with Gasteiger partial charge in [-0.1, -0.05) is 0 Å². The van der Waals surface area contributed by atoms with Crippen LogP contribution in [0.5, 0.6) is 0 Å². The van der Waals surface area contributed by atoms with Gasteiger partial charge in [0.25, 0.3) is 0 Å².